The predicted octanol–water partition coefficient (Wildman–Crippen LogP) is 6.82. The molecule has 3 N–H and O–H groups in total. The van der Waals surface area contributed by atoms with Gasteiger partial charge in [0.05, 0.1) is 23.7 Å². The monoisotopic (exact) mass is 650 g/mol. The Hall–Kier alpha value is -5.12. The number of aliphatic carboxylic acids is 1. The van der Waals surface area contributed by atoms with Crippen LogP contribution in [0.4, 0.5) is 5.69 Å². The number of carboxylic acid groups (broad SMARTS) is 1. The lowest BCUT2D eigenvalue weighted by molar-refractivity contribution is -0.131. The van der Waals surface area contributed by atoms with Crippen LogP contribution in [0.2, 0.25) is 0 Å². The molecule has 48 heavy (non-hydrogen) atoms. The van der Waals surface area contributed by atoms with Gasteiger partial charge in [0.25, 0.3) is 5.91 Å². The summed E-state index contributed by atoms with van der Waals surface area (Å²) < 4.78 is 7.54. The van der Waals surface area contributed by atoms with Crippen molar-refractivity contribution in [2.75, 3.05) is 19.4 Å². The molecule has 0 bridgehead atoms. The van der Waals surface area contributed by atoms with Crippen molar-refractivity contribution in [1.82, 2.24) is 14.8 Å². The highest BCUT2D eigenvalue weighted by Gasteiger charge is 2.43. The molecule has 2 heterocycles. The SMILES string of the molecule is CN(C)C(=O)Cn1c(-c2ccoc2)c(C2CCCCC2)c2ccc(C(=O)NC3(C(=O)Nc4ccc(C=CC(=O)O)cc4)CCCC3)cc21. The summed E-state index contributed by atoms with van der Waals surface area (Å²) in [6, 6.07) is 14.5. The van der Waals surface area contributed by atoms with Crippen LogP contribution in [-0.4, -0.2) is 57.9 Å². The number of anilines is 1. The molecule has 2 fully saturated rings. The lowest BCUT2D eigenvalue weighted by Gasteiger charge is -2.29. The molecule has 0 aliphatic heterocycles. The Morgan fingerprint density at radius 2 is 1.71 bits per heavy atom. The second-order valence-corrected chi connectivity index (χ2v) is 13.2. The van der Waals surface area contributed by atoms with Crippen LogP contribution in [0.5, 0.6) is 0 Å². The number of nitrogens with zero attached hydrogens (tertiary/aromatic N) is 2. The lowest BCUT2D eigenvalue weighted by Crippen LogP contribution is -2.55. The summed E-state index contributed by atoms with van der Waals surface area (Å²) in [5, 5.41) is 16.0. The Balaban J connectivity index is 1.33. The number of nitrogens with one attached hydrogen (secondary N) is 2. The average Bonchev–Trinajstić information content (AvgIpc) is 3.85. The van der Waals surface area contributed by atoms with E-state index in [9.17, 15) is 19.2 Å². The fourth-order valence-corrected chi connectivity index (χ4v) is 7.25. The summed E-state index contributed by atoms with van der Waals surface area (Å²) in [6.45, 7) is 0.110. The number of carbonyl (C=O) groups excluding carboxylic acids is 3. The number of hydrogen-bond acceptors (Lipinski definition) is 5. The van der Waals surface area contributed by atoms with Crippen LogP contribution in [0.1, 0.15) is 85.2 Å². The van der Waals surface area contributed by atoms with Gasteiger partial charge in [0.2, 0.25) is 11.8 Å². The minimum absolute atomic E-state index is 0.0609. The fraction of sp³-hybridized carbons (Fsp3) is 0.368. The predicted molar refractivity (Wildman–Crippen MR) is 185 cm³/mol. The Labute approximate surface area is 279 Å². The third kappa shape index (κ3) is 6.79. The normalized spacial score (nSPS) is 16.3. The Kier molecular flexibility index (Phi) is 9.52. The second kappa shape index (κ2) is 13.9. The number of carbonyl (C=O) groups is 4. The second-order valence-electron chi connectivity index (χ2n) is 13.2. The van der Waals surface area contributed by atoms with Crippen molar-refractivity contribution in [3.63, 3.8) is 0 Å². The van der Waals surface area contributed by atoms with E-state index >= 15 is 0 Å². The third-order valence-electron chi connectivity index (χ3n) is 9.80. The number of furan rings is 1. The summed E-state index contributed by atoms with van der Waals surface area (Å²) in [4.78, 5) is 53.3. The van der Waals surface area contributed by atoms with E-state index in [-0.39, 0.29) is 24.3 Å². The maximum Gasteiger partial charge on any atom is 0.328 e. The van der Waals surface area contributed by atoms with Gasteiger partial charge in [-0.15, -0.1) is 0 Å². The molecule has 4 aromatic rings. The quantitative estimate of drug-likeness (QED) is 0.161. The van der Waals surface area contributed by atoms with Gasteiger partial charge in [0.1, 0.15) is 12.1 Å². The van der Waals surface area contributed by atoms with Crippen LogP contribution in [0.3, 0.4) is 0 Å². The molecule has 2 aliphatic carbocycles. The maximum absolute atomic E-state index is 14.0. The van der Waals surface area contributed by atoms with Gasteiger partial charge in [-0.1, -0.05) is 50.3 Å². The molecule has 6 rings (SSSR count). The fourth-order valence-electron chi connectivity index (χ4n) is 7.25. The number of carboxylic acids is 1. The molecule has 0 saturated heterocycles. The van der Waals surface area contributed by atoms with E-state index in [1.807, 2.05) is 28.8 Å². The van der Waals surface area contributed by atoms with Crippen molar-refractivity contribution in [2.45, 2.75) is 75.8 Å². The lowest BCUT2D eigenvalue weighted by atomic mass is 9.82. The van der Waals surface area contributed by atoms with Gasteiger partial charge in [0, 0.05) is 42.4 Å². The largest absolute Gasteiger partial charge is 0.478 e. The van der Waals surface area contributed by atoms with Crippen molar-refractivity contribution in [3.05, 3.63) is 83.8 Å². The molecule has 2 aromatic carbocycles. The van der Waals surface area contributed by atoms with Crippen LogP contribution >= 0.6 is 0 Å². The van der Waals surface area contributed by atoms with E-state index in [0.717, 1.165) is 66.8 Å². The highest BCUT2D eigenvalue weighted by Crippen LogP contribution is 2.44. The summed E-state index contributed by atoms with van der Waals surface area (Å²) >= 11 is 0. The molecular formula is C38H42N4O6. The van der Waals surface area contributed by atoms with Gasteiger partial charge >= 0.3 is 5.97 Å². The Bertz CT molecular complexity index is 1840. The van der Waals surface area contributed by atoms with Crippen molar-refractivity contribution in [1.29, 1.82) is 0 Å². The van der Waals surface area contributed by atoms with Crippen LogP contribution < -0.4 is 10.6 Å². The van der Waals surface area contributed by atoms with Gasteiger partial charge in [-0.05, 0) is 79.1 Å². The molecule has 250 valence electrons. The molecule has 10 nitrogen and oxygen atoms in total. The Morgan fingerprint density at radius 1 is 0.979 bits per heavy atom. The first-order valence-electron chi connectivity index (χ1n) is 16.7. The molecule has 0 radical (unpaired) electrons. The number of likely N-dealkylation sites (N-methyl/N-ethyl adjacent to an activating group) is 1. The minimum atomic E-state index is -1.08. The van der Waals surface area contributed by atoms with E-state index < -0.39 is 11.5 Å². The molecule has 0 unspecified atom stereocenters. The van der Waals surface area contributed by atoms with Crippen LogP contribution in [0, 0.1) is 0 Å². The molecule has 10 heteroatoms. The van der Waals surface area contributed by atoms with Gasteiger partial charge < -0.3 is 29.6 Å². The van der Waals surface area contributed by atoms with E-state index in [1.54, 1.807) is 55.8 Å². The topological polar surface area (TPSA) is 134 Å². The summed E-state index contributed by atoms with van der Waals surface area (Å²) in [7, 11) is 3.48. The first-order valence-corrected chi connectivity index (χ1v) is 16.7. The molecule has 2 aliphatic rings. The van der Waals surface area contributed by atoms with Gasteiger partial charge in [0.15, 0.2) is 0 Å². The smallest absolute Gasteiger partial charge is 0.328 e. The van der Waals surface area contributed by atoms with Gasteiger partial charge in [-0.3, -0.25) is 14.4 Å². The van der Waals surface area contributed by atoms with Gasteiger partial charge in [-0.2, -0.15) is 0 Å². The van der Waals surface area contributed by atoms with Crippen molar-refractivity contribution >= 4 is 46.4 Å². The molecule has 2 aromatic heterocycles. The first-order chi connectivity index (χ1) is 23.1. The highest BCUT2D eigenvalue weighted by atomic mass is 16.4. The van der Waals surface area contributed by atoms with Crippen LogP contribution in [0.25, 0.3) is 28.2 Å². The zero-order valence-electron chi connectivity index (χ0n) is 27.5. The number of fused-ring (bicyclic) bond motifs is 1. The van der Waals surface area contributed by atoms with Gasteiger partial charge in [-0.25, -0.2) is 4.79 Å². The number of hydrogen-bond donors (Lipinski definition) is 3. The standard InChI is InChI=1S/C38H42N4O6/c1-41(2)32(43)23-42-31-22-27(13-16-30(31)34(26-8-4-3-5-9-26)35(42)28-18-21-48-24-28)36(46)40-38(19-6-7-20-38)37(47)39-29-14-10-25(11-15-29)12-17-33(44)45/h10-18,21-22,24,26H,3-9,19-20,23H2,1-2H3,(H,39,47)(H,40,46)(H,44,45). The number of aromatic nitrogens is 1. The highest BCUT2D eigenvalue weighted by molar-refractivity contribution is 6.06. The first kappa shape index (κ1) is 32.8. The molecule has 3 amide bonds. The summed E-state index contributed by atoms with van der Waals surface area (Å²) in [6.07, 6.45) is 14.2. The van der Waals surface area contributed by atoms with E-state index in [2.05, 4.69) is 10.6 Å². The number of rotatable bonds is 10. The van der Waals surface area contributed by atoms with Crippen molar-refractivity contribution in [3.8, 4) is 11.3 Å². The molecule has 0 spiro atoms. The van der Waals surface area contributed by atoms with Crippen LogP contribution in [0.15, 0.2) is 71.6 Å². The van der Waals surface area contributed by atoms with E-state index in [4.69, 9.17) is 9.52 Å². The summed E-state index contributed by atoms with van der Waals surface area (Å²) in [5.41, 5.74) is 4.44. The third-order valence-corrected chi connectivity index (χ3v) is 9.80. The Morgan fingerprint density at radius 3 is 2.35 bits per heavy atom. The molecule has 2 saturated carbocycles. The molecular weight excluding hydrogens is 608 g/mol. The van der Waals surface area contributed by atoms with Crippen molar-refractivity contribution in [2.24, 2.45) is 0 Å². The minimum Gasteiger partial charge on any atom is -0.478 e. The zero-order chi connectivity index (χ0) is 33.8. The average molecular weight is 651 g/mol. The number of benzene rings is 2. The summed E-state index contributed by atoms with van der Waals surface area (Å²) in [5.74, 6) is -1.41. The number of amides is 3. The van der Waals surface area contributed by atoms with Crippen LogP contribution in [-0.2, 0) is 20.9 Å². The van der Waals surface area contributed by atoms with Crippen molar-refractivity contribution < 1.29 is 28.7 Å². The van der Waals surface area contributed by atoms with E-state index in [1.165, 1.54) is 18.1 Å². The maximum atomic E-state index is 14.0. The van der Waals surface area contributed by atoms with E-state index in [0.29, 0.717) is 35.6 Å². The molecule has 0 atom stereocenters. The zero-order valence-corrected chi connectivity index (χ0v) is 27.5.